The van der Waals surface area contributed by atoms with Gasteiger partial charge in [0.15, 0.2) is 0 Å². The Labute approximate surface area is 176 Å². The van der Waals surface area contributed by atoms with Gasteiger partial charge < -0.3 is 9.73 Å². The van der Waals surface area contributed by atoms with E-state index >= 15 is 0 Å². The van der Waals surface area contributed by atoms with E-state index in [1.165, 1.54) is 42.7 Å². The van der Waals surface area contributed by atoms with Gasteiger partial charge in [0.05, 0.1) is 22.6 Å². The maximum absolute atomic E-state index is 13.3. The number of hydrogen-bond acceptors (Lipinski definition) is 6. The van der Waals surface area contributed by atoms with Crippen molar-refractivity contribution in [3.8, 4) is 0 Å². The summed E-state index contributed by atoms with van der Waals surface area (Å²) in [5.74, 6) is -1.13. The predicted octanol–water partition coefficient (Wildman–Crippen LogP) is 3.46. The van der Waals surface area contributed by atoms with E-state index in [1.807, 2.05) is 0 Å². The number of carbonyl (C=O) groups excluding carboxylic acids is 1. The van der Waals surface area contributed by atoms with Crippen molar-refractivity contribution in [2.24, 2.45) is 0 Å². The molecule has 1 amide bonds. The SMILES string of the molecule is O=C(C=Cc1ccc(S(=O)(=O)NCc2ccco2)cc1)Nc1ccc(F)c([N+](=O)[O-])c1. The molecule has 9 nitrogen and oxygen atoms in total. The van der Waals surface area contributed by atoms with Gasteiger partial charge in [-0.15, -0.1) is 0 Å². The second-order valence-corrected chi connectivity index (χ2v) is 7.99. The molecule has 31 heavy (non-hydrogen) atoms. The molecule has 0 bridgehead atoms. The van der Waals surface area contributed by atoms with Crippen molar-refractivity contribution in [3.63, 3.8) is 0 Å². The lowest BCUT2D eigenvalue weighted by molar-refractivity contribution is -0.387. The van der Waals surface area contributed by atoms with Gasteiger partial charge in [-0.1, -0.05) is 12.1 Å². The van der Waals surface area contributed by atoms with Crippen LogP contribution in [0.3, 0.4) is 0 Å². The quantitative estimate of drug-likeness (QED) is 0.310. The summed E-state index contributed by atoms with van der Waals surface area (Å²) >= 11 is 0. The number of halogens is 1. The molecule has 1 aromatic heterocycles. The van der Waals surface area contributed by atoms with Crippen molar-refractivity contribution in [1.82, 2.24) is 4.72 Å². The number of furan rings is 1. The van der Waals surface area contributed by atoms with Crippen molar-refractivity contribution in [2.75, 3.05) is 5.32 Å². The summed E-state index contributed by atoms with van der Waals surface area (Å²) in [6.07, 6.45) is 4.03. The zero-order chi connectivity index (χ0) is 22.4. The van der Waals surface area contributed by atoms with Gasteiger partial charge in [0, 0.05) is 17.8 Å². The number of nitro groups is 1. The number of nitrogens with one attached hydrogen (secondary N) is 2. The molecule has 0 aliphatic rings. The highest BCUT2D eigenvalue weighted by molar-refractivity contribution is 7.89. The molecule has 0 aliphatic carbocycles. The van der Waals surface area contributed by atoms with E-state index in [9.17, 15) is 27.7 Å². The highest BCUT2D eigenvalue weighted by Gasteiger charge is 2.15. The molecule has 2 aromatic carbocycles. The van der Waals surface area contributed by atoms with Crippen LogP contribution in [-0.4, -0.2) is 19.2 Å². The lowest BCUT2D eigenvalue weighted by Gasteiger charge is -2.06. The van der Waals surface area contributed by atoms with Gasteiger partial charge in [0.1, 0.15) is 5.76 Å². The number of hydrogen-bond donors (Lipinski definition) is 2. The van der Waals surface area contributed by atoms with E-state index in [0.717, 1.165) is 18.2 Å². The van der Waals surface area contributed by atoms with Crippen molar-refractivity contribution in [2.45, 2.75) is 11.4 Å². The predicted molar refractivity (Wildman–Crippen MR) is 110 cm³/mol. The lowest BCUT2D eigenvalue weighted by atomic mass is 10.2. The Morgan fingerprint density at radius 1 is 1.16 bits per heavy atom. The monoisotopic (exact) mass is 445 g/mol. The first-order valence-corrected chi connectivity index (χ1v) is 10.3. The standard InChI is InChI=1S/C20H16FN3O6S/c21-18-9-6-15(12-19(18)24(26)27)23-20(25)10-5-14-3-7-17(8-4-14)31(28,29)22-13-16-2-1-11-30-16/h1-12,22H,13H2,(H,23,25). The number of amides is 1. The molecule has 3 rings (SSSR count). The third-order valence-corrected chi connectivity index (χ3v) is 5.46. The molecule has 0 radical (unpaired) electrons. The largest absolute Gasteiger partial charge is 0.468 e. The van der Waals surface area contributed by atoms with E-state index in [1.54, 1.807) is 12.1 Å². The second-order valence-electron chi connectivity index (χ2n) is 6.22. The van der Waals surface area contributed by atoms with E-state index in [0.29, 0.717) is 11.3 Å². The van der Waals surface area contributed by atoms with Crippen LogP contribution in [0.5, 0.6) is 0 Å². The van der Waals surface area contributed by atoms with Gasteiger partial charge in [0.2, 0.25) is 21.7 Å². The Hall–Kier alpha value is -3.83. The summed E-state index contributed by atoms with van der Waals surface area (Å²) in [4.78, 5) is 21.9. The van der Waals surface area contributed by atoms with Crippen LogP contribution in [0.1, 0.15) is 11.3 Å². The molecule has 0 atom stereocenters. The fourth-order valence-corrected chi connectivity index (χ4v) is 3.50. The van der Waals surface area contributed by atoms with Crippen LogP contribution in [0.2, 0.25) is 0 Å². The normalized spacial score (nSPS) is 11.5. The Bertz CT molecular complexity index is 1220. The number of nitro benzene ring substituents is 1. The molecule has 0 aliphatic heterocycles. The minimum absolute atomic E-state index is 0.0126. The number of sulfonamides is 1. The number of carbonyl (C=O) groups is 1. The van der Waals surface area contributed by atoms with E-state index in [4.69, 9.17) is 4.42 Å². The van der Waals surface area contributed by atoms with Gasteiger partial charge in [-0.2, -0.15) is 4.39 Å². The molecule has 0 unspecified atom stereocenters. The Morgan fingerprint density at radius 3 is 2.55 bits per heavy atom. The average molecular weight is 445 g/mol. The summed E-state index contributed by atoms with van der Waals surface area (Å²) in [6.45, 7) is 0.0126. The summed E-state index contributed by atoms with van der Waals surface area (Å²) in [6, 6.07) is 12.1. The molecule has 160 valence electrons. The highest BCUT2D eigenvalue weighted by atomic mass is 32.2. The zero-order valence-electron chi connectivity index (χ0n) is 15.8. The van der Waals surface area contributed by atoms with E-state index < -0.39 is 32.4 Å². The Balaban J connectivity index is 1.62. The fourth-order valence-electron chi connectivity index (χ4n) is 2.51. The topological polar surface area (TPSA) is 132 Å². The number of benzene rings is 2. The van der Waals surface area contributed by atoms with Crippen LogP contribution >= 0.6 is 0 Å². The minimum atomic E-state index is -3.74. The number of nitrogens with zero attached hydrogens (tertiary/aromatic N) is 1. The first-order valence-electron chi connectivity index (χ1n) is 8.80. The van der Waals surface area contributed by atoms with Crippen molar-refractivity contribution < 1.29 is 26.9 Å². The van der Waals surface area contributed by atoms with Crippen molar-refractivity contribution in [3.05, 3.63) is 94.2 Å². The molecule has 0 spiro atoms. The molecule has 0 fully saturated rings. The lowest BCUT2D eigenvalue weighted by Crippen LogP contribution is -2.22. The molecular weight excluding hydrogens is 429 g/mol. The minimum Gasteiger partial charge on any atom is -0.468 e. The van der Waals surface area contributed by atoms with Gasteiger partial charge in [-0.3, -0.25) is 14.9 Å². The summed E-state index contributed by atoms with van der Waals surface area (Å²) in [5.41, 5.74) is -0.142. The molecular formula is C20H16FN3O6S. The fraction of sp³-hybridized carbons (Fsp3) is 0.0500. The van der Waals surface area contributed by atoms with Crippen LogP contribution in [0.25, 0.3) is 6.08 Å². The highest BCUT2D eigenvalue weighted by Crippen LogP contribution is 2.21. The Kier molecular flexibility index (Phi) is 6.58. The third kappa shape index (κ3) is 5.84. The van der Waals surface area contributed by atoms with E-state index in [-0.39, 0.29) is 17.1 Å². The van der Waals surface area contributed by atoms with Crippen LogP contribution in [0.15, 0.2) is 76.2 Å². The molecule has 0 saturated heterocycles. The summed E-state index contributed by atoms with van der Waals surface area (Å²) in [5, 5.41) is 13.1. The second kappa shape index (κ2) is 9.32. The van der Waals surface area contributed by atoms with Gasteiger partial charge in [0.25, 0.3) is 0 Å². The first kappa shape index (κ1) is 21.9. The summed E-state index contributed by atoms with van der Waals surface area (Å²) in [7, 11) is -3.74. The van der Waals surface area contributed by atoms with Crippen LogP contribution in [0.4, 0.5) is 15.8 Å². The van der Waals surface area contributed by atoms with Crippen molar-refractivity contribution >= 4 is 33.4 Å². The molecule has 11 heteroatoms. The number of rotatable bonds is 8. The van der Waals surface area contributed by atoms with Crippen LogP contribution in [-0.2, 0) is 21.4 Å². The van der Waals surface area contributed by atoms with Gasteiger partial charge in [-0.05, 0) is 48.0 Å². The molecule has 1 heterocycles. The zero-order valence-corrected chi connectivity index (χ0v) is 16.6. The van der Waals surface area contributed by atoms with Crippen LogP contribution < -0.4 is 10.0 Å². The third-order valence-electron chi connectivity index (χ3n) is 4.04. The van der Waals surface area contributed by atoms with Gasteiger partial charge in [-0.25, -0.2) is 13.1 Å². The molecule has 3 aromatic rings. The van der Waals surface area contributed by atoms with Gasteiger partial charge >= 0.3 is 5.69 Å². The molecule has 2 N–H and O–H groups in total. The van der Waals surface area contributed by atoms with E-state index in [2.05, 4.69) is 10.0 Å². The number of anilines is 1. The van der Waals surface area contributed by atoms with Crippen molar-refractivity contribution in [1.29, 1.82) is 0 Å². The average Bonchev–Trinajstić information content (AvgIpc) is 3.26. The first-order chi connectivity index (χ1) is 14.7. The summed E-state index contributed by atoms with van der Waals surface area (Å²) < 4.78 is 45.4. The maximum atomic E-state index is 13.3. The Morgan fingerprint density at radius 2 is 1.90 bits per heavy atom. The van der Waals surface area contributed by atoms with Crippen LogP contribution in [0, 0.1) is 15.9 Å². The maximum Gasteiger partial charge on any atom is 0.306 e. The smallest absolute Gasteiger partial charge is 0.306 e. The molecule has 0 saturated carbocycles.